The van der Waals surface area contributed by atoms with Crippen LogP contribution in [0.1, 0.15) is 26.3 Å². The van der Waals surface area contributed by atoms with Gasteiger partial charge < -0.3 is 10.1 Å². The van der Waals surface area contributed by atoms with Crippen LogP contribution in [0.4, 0.5) is 5.69 Å². The highest BCUT2D eigenvalue weighted by atomic mass is 32.2. The van der Waals surface area contributed by atoms with Crippen molar-refractivity contribution in [1.29, 1.82) is 0 Å². The van der Waals surface area contributed by atoms with E-state index in [1.54, 1.807) is 19.1 Å². The van der Waals surface area contributed by atoms with Crippen molar-refractivity contribution in [3.8, 4) is 0 Å². The van der Waals surface area contributed by atoms with Gasteiger partial charge in [-0.25, -0.2) is 18.1 Å². The third-order valence-electron chi connectivity index (χ3n) is 2.86. The molecule has 0 radical (unpaired) electrons. The highest BCUT2D eigenvalue weighted by Crippen LogP contribution is 2.26. The number of anilines is 1. The fourth-order valence-electron chi connectivity index (χ4n) is 2.05. The molecule has 0 saturated heterocycles. The van der Waals surface area contributed by atoms with Gasteiger partial charge in [-0.15, -0.1) is 0 Å². The predicted octanol–water partition coefficient (Wildman–Crippen LogP) is 1.26. The highest BCUT2D eigenvalue weighted by molar-refractivity contribution is 7.90. The van der Waals surface area contributed by atoms with Crippen molar-refractivity contribution in [2.45, 2.75) is 38.1 Å². The summed E-state index contributed by atoms with van der Waals surface area (Å²) in [6.07, 6.45) is 0.0902. The number of fused-ring (bicyclic) bond motifs is 1. The van der Waals surface area contributed by atoms with E-state index < -0.39 is 10.0 Å². The van der Waals surface area contributed by atoms with Crippen LogP contribution in [0.3, 0.4) is 0 Å². The molecule has 1 aromatic rings. The molecule has 0 spiro atoms. The topological polar surface area (TPSA) is 96.9 Å². The van der Waals surface area contributed by atoms with Gasteiger partial charge in [0.1, 0.15) is 4.90 Å². The fourth-order valence-corrected chi connectivity index (χ4v) is 3.16. The van der Waals surface area contributed by atoms with Crippen LogP contribution in [-0.2, 0) is 26.0 Å². The molecular weight excluding hydrogens is 306 g/mol. The molecule has 0 bridgehead atoms. The number of ether oxygens (including phenoxy) is 1. The SMILES string of the molecule is CCOC(=O)Cc1ccc2c(c1)NC(=NC(C)C)NS2(=O)=O. The molecule has 0 unspecified atom stereocenters. The van der Waals surface area contributed by atoms with E-state index in [2.05, 4.69) is 15.0 Å². The van der Waals surface area contributed by atoms with Crippen molar-refractivity contribution in [3.63, 3.8) is 0 Å². The van der Waals surface area contributed by atoms with Crippen LogP contribution in [0.5, 0.6) is 0 Å². The van der Waals surface area contributed by atoms with Crippen LogP contribution in [0, 0.1) is 0 Å². The van der Waals surface area contributed by atoms with Crippen LogP contribution in [0.2, 0.25) is 0 Å². The van der Waals surface area contributed by atoms with Crippen molar-refractivity contribution < 1.29 is 17.9 Å². The molecule has 0 amide bonds. The van der Waals surface area contributed by atoms with Gasteiger partial charge in [-0.1, -0.05) is 6.07 Å². The number of sulfonamides is 1. The minimum atomic E-state index is -3.65. The molecule has 8 heteroatoms. The Hall–Kier alpha value is -2.09. The Labute approximate surface area is 129 Å². The molecule has 7 nitrogen and oxygen atoms in total. The highest BCUT2D eigenvalue weighted by Gasteiger charge is 2.27. The van der Waals surface area contributed by atoms with Gasteiger partial charge in [-0.05, 0) is 38.5 Å². The summed E-state index contributed by atoms with van der Waals surface area (Å²) in [6.45, 7) is 5.73. The average Bonchev–Trinajstić information content (AvgIpc) is 2.36. The smallest absolute Gasteiger partial charge is 0.310 e. The fraction of sp³-hybridized carbons (Fsp3) is 0.429. The quantitative estimate of drug-likeness (QED) is 0.812. The Morgan fingerprint density at radius 3 is 2.73 bits per heavy atom. The molecule has 0 fully saturated rings. The molecule has 2 rings (SSSR count). The molecule has 1 aliphatic heterocycles. The average molecular weight is 325 g/mol. The monoisotopic (exact) mass is 325 g/mol. The second-order valence-corrected chi connectivity index (χ2v) is 6.77. The number of hydrogen-bond donors (Lipinski definition) is 2. The third-order valence-corrected chi connectivity index (χ3v) is 4.26. The number of nitrogens with one attached hydrogen (secondary N) is 2. The van der Waals surface area contributed by atoms with E-state index in [9.17, 15) is 13.2 Å². The minimum absolute atomic E-state index is 0.0607. The van der Waals surface area contributed by atoms with E-state index in [0.29, 0.717) is 17.9 Å². The van der Waals surface area contributed by atoms with E-state index in [0.717, 1.165) is 0 Å². The molecule has 1 aromatic carbocycles. The van der Waals surface area contributed by atoms with Crippen LogP contribution in [0.25, 0.3) is 0 Å². The summed E-state index contributed by atoms with van der Waals surface area (Å²) in [7, 11) is -3.65. The molecule has 22 heavy (non-hydrogen) atoms. The lowest BCUT2D eigenvalue weighted by Gasteiger charge is -2.22. The molecule has 0 atom stereocenters. The van der Waals surface area contributed by atoms with Crippen LogP contribution < -0.4 is 10.0 Å². The number of nitrogens with zero attached hydrogens (tertiary/aromatic N) is 1. The number of benzene rings is 1. The van der Waals surface area contributed by atoms with E-state index in [1.165, 1.54) is 6.07 Å². The summed E-state index contributed by atoms with van der Waals surface area (Å²) in [5, 5.41) is 2.94. The lowest BCUT2D eigenvalue weighted by molar-refractivity contribution is -0.142. The lowest BCUT2D eigenvalue weighted by atomic mass is 10.1. The minimum Gasteiger partial charge on any atom is -0.466 e. The molecule has 1 heterocycles. The summed E-state index contributed by atoms with van der Waals surface area (Å²) < 4.78 is 31.6. The van der Waals surface area contributed by atoms with Crippen molar-refractivity contribution in [3.05, 3.63) is 23.8 Å². The number of carbonyl (C=O) groups is 1. The maximum absolute atomic E-state index is 12.2. The van der Waals surface area contributed by atoms with Gasteiger partial charge in [-0.2, -0.15) is 0 Å². The molecule has 2 N–H and O–H groups in total. The second-order valence-electron chi connectivity index (χ2n) is 5.11. The van der Waals surface area contributed by atoms with Gasteiger partial charge in [0.05, 0.1) is 18.7 Å². The van der Waals surface area contributed by atoms with Crippen molar-refractivity contribution in [2.24, 2.45) is 4.99 Å². The largest absolute Gasteiger partial charge is 0.466 e. The first-order valence-corrected chi connectivity index (χ1v) is 8.46. The van der Waals surface area contributed by atoms with Crippen LogP contribution in [-0.4, -0.2) is 33.0 Å². The number of carbonyl (C=O) groups excluding carboxylic acids is 1. The first-order valence-electron chi connectivity index (χ1n) is 6.98. The van der Waals surface area contributed by atoms with Gasteiger partial charge in [0.15, 0.2) is 0 Å². The van der Waals surface area contributed by atoms with Crippen molar-refractivity contribution >= 4 is 27.6 Å². The second kappa shape index (κ2) is 6.35. The van der Waals surface area contributed by atoms with Gasteiger partial charge in [-0.3, -0.25) is 4.79 Å². The zero-order valence-electron chi connectivity index (χ0n) is 12.7. The Morgan fingerprint density at radius 1 is 1.36 bits per heavy atom. The maximum Gasteiger partial charge on any atom is 0.310 e. The summed E-state index contributed by atoms with van der Waals surface area (Å²) in [4.78, 5) is 15.8. The molecule has 0 aromatic heterocycles. The van der Waals surface area contributed by atoms with Crippen molar-refractivity contribution in [1.82, 2.24) is 4.72 Å². The summed E-state index contributed by atoms with van der Waals surface area (Å²) >= 11 is 0. The Morgan fingerprint density at radius 2 is 2.09 bits per heavy atom. The van der Waals surface area contributed by atoms with E-state index in [-0.39, 0.29) is 29.3 Å². The maximum atomic E-state index is 12.2. The summed E-state index contributed by atoms with van der Waals surface area (Å²) in [5.74, 6) is -0.175. The Kier molecular flexibility index (Phi) is 4.70. The summed E-state index contributed by atoms with van der Waals surface area (Å²) in [6, 6.07) is 4.63. The zero-order valence-corrected chi connectivity index (χ0v) is 13.5. The Balaban J connectivity index is 2.34. The molecule has 0 saturated carbocycles. The van der Waals surface area contributed by atoms with E-state index >= 15 is 0 Å². The number of aliphatic imine (C=N–C) groups is 1. The van der Waals surface area contributed by atoms with Gasteiger partial charge in [0.2, 0.25) is 5.96 Å². The van der Waals surface area contributed by atoms with Crippen LogP contribution >= 0.6 is 0 Å². The first-order chi connectivity index (χ1) is 10.3. The molecule has 120 valence electrons. The Bertz CT molecular complexity index is 711. The van der Waals surface area contributed by atoms with E-state index in [4.69, 9.17) is 4.74 Å². The van der Waals surface area contributed by atoms with E-state index in [1.807, 2.05) is 13.8 Å². The normalized spacial score (nSPS) is 17.5. The zero-order chi connectivity index (χ0) is 16.3. The number of rotatable bonds is 4. The van der Waals surface area contributed by atoms with Crippen molar-refractivity contribution in [2.75, 3.05) is 11.9 Å². The standard InChI is InChI=1S/C14H19N3O4S/c1-4-21-13(18)8-10-5-6-12-11(7-10)16-14(15-9(2)3)17-22(12,19)20/h5-7,9H,4,8H2,1-3H3,(H2,15,16,17). The molecule has 1 aliphatic rings. The predicted molar refractivity (Wildman–Crippen MR) is 83.3 cm³/mol. The first kappa shape index (κ1) is 16.3. The van der Waals surface area contributed by atoms with Gasteiger partial charge in [0.25, 0.3) is 10.0 Å². The van der Waals surface area contributed by atoms with Gasteiger partial charge in [0, 0.05) is 6.04 Å². The lowest BCUT2D eigenvalue weighted by Crippen LogP contribution is -2.41. The molecule has 0 aliphatic carbocycles. The number of hydrogen-bond acceptors (Lipinski definition) is 5. The van der Waals surface area contributed by atoms with Crippen LogP contribution in [0.15, 0.2) is 28.1 Å². The number of esters is 1. The van der Waals surface area contributed by atoms with Gasteiger partial charge >= 0.3 is 5.97 Å². The molecular formula is C14H19N3O4S. The number of guanidine groups is 1. The third kappa shape index (κ3) is 3.76. The summed E-state index contributed by atoms with van der Waals surface area (Å²) in [5.41, 5.74) is 1.07.